The summed E-state index contributed by atoms with van der Waals surface area (Å²) in [6.45, 7) is 9.10. The van der Waals surface area contributed by atoms with Gasteiger partial charge in [0.25, 0.3) is 0 Å². The highest BCUT2D eigenvalue weighted by molar-refractivity contribution is 5.96. The van der Waals surface area contributed by atoms with E-state index in [1.54, 1.807) is 20.8 Å². The molecular formula is C27H35NO6. The van der Waals surface area contributed by atoms with E-state index in [1.165, 1.54) is 0 Å². The second kappa shape index (κ2) is 12.8. The highest BCUT2D eigenvalue weighted by atomic mass is 16.6. The van der Waals surface area contributed by atoms with Crippen molar-refractivity contribution in [3.8, 4) is 0 Å². The van der Waals surface area contributed by atoms with Gasteiger partial charge in [0.05, 0.1) is 6.04 Å². The predicted octanol–water partition coefficient (Wildman–Crippen LogP) is 5.03. The van der Waals surface area contributed by atoms with E-state index in [0.717, 1.165) is 11.1 Å². The van der Waals surface area contributed by atoms with Gasteiger partial charge in [0.15, 0.2) is 5.92 Å². The van der Waals surface area contributed by atoms with Gasteiger partial charge in [0, 0.05) is 0 Å². The Morgan fingerprint density at radius 2 is 1.24 bits per heavy atom. The summed E-state index contributed by atoms with van der Waals surface area (Å²) in [5.41, 5.74) is 0.837. The first-order chi connectivity index (χ1) is 16.0. The predicted molar refractivity (Wildman–Crippen MR) is 129 cm³/mol. The average Bonchev–Trinajstić information content (AvgIpc) is 2.76. The fourth-order valence-corrected chi connectivity index (χ4v) is 3.31. The molecule has 0 radical (unpaired) electrons. The molecule has 2 aromatic carbocycles. The minimum atomic E-state index is -1.35. The van der Waals surface area contributed by atoms with Gasteiger partial charge in [-0.3, -0.25) is 9.59 Å². The van der Waals surface area contributed by atoms with Crippen molar-refractivity contribution in [2.24, 2.45) is 11.8 Å². The molecule has 0 aliphatic carbocycles. The van der Waals surface area contributed by atoms with Crippen molar-refractivity contribution in [1.29, 1.82) is 0 Å². The molecule has 1 atom stereocenters. The van der Waals surface area contributed by atoms with Crippen molar-refractivity contribution in [1.82, 2.24) is 5.32 Å². The van der Waals surface area contributed by atoms with Crippen molar-refractivity contribution >= 4 is 18.0 Å². The fourth-order valence-electron chi connectivity index (χ4n) is 3.31. The lowest BCUT2D eigenvalue weighted by atomic mass is 9.91. The Bertz CT molecular complexity index is 866. The molecule has 7 heteroatoms. The zero-order valence-electron chi connectivity index (χ0n) is 20.6. The van der Waals surface area contributed by atoms with Gasteiger partial charge in [-0.2, -0.15) is 0 Å². The largest absolute Gasteiger partial charge is 0.460 e. The number of alkyl carbamates (subject to hydrolysis) is 1. The van der Waals surface area contributed by atoms with E-state index in [-0.39, 0.29) is 19.1 Å². The number of rotatable bonds is 10. The van der Waals surface area contributed by atoms with Crippen LogP contribution in [-0.4, -0.2) is 29.7 Å². The molecule has 0 unspecified atom stereocenters. The van der Waals surface area contributed by atoms with Gasteiger partial charge < -0.3 is 19.5 Å². The molecule has 0 saturated heterocycles. The van der Waals surface area contributed by atoms with Crippen LogP contribution in [0.25, 0.3) is 0 Å². The van der Waals surface area contributed by atoms with Crippen molar-refractivity contribution in [2.75, 3.05) is 0 Å². The SMILES string of the molecule is CC(C)C[C@H](NC(=O)OC(C)(C)C)C(C(=O)OCc1ccccc1)C(=O)OCc1ccccc1. The second-order valence-corrected chi connectivity index (χ2v) is 9.55. The number of amides is 1. The van der Waals surface area contributed by atoms with E-state index in [4.69, 9.17) is 14.2 Å². The zero-order chi connectivity index (χ0) is 25.1. The molecular weight excluding hydrogens is 434 g/mol. The van der Waals surface area contributed by atoms with E-state index >= 15 is 0 Å². The topological polar surface area (TPSA) is 90.9 Å². The summed E-state index contributed by atoms with van der Waals surface area (Å²) >= 11 is 0. The van der Waals surface area contributed by atoms with E-state index in [1.807, 2.05) is 74.5 Å². The zero-order valence-corrected chi connectivity index (χ0v) is 20.6. The van der Waals surface area contributed by atoms with Crippen LogP contribution in [0.1, 0.15) is 52.2 Å². The number of esters is 2. The summed E-state index contributed by atoms with van der Waals surface area (Å²) < 4.78 is 16.3. The molecule has 0 saturated carbocycles. The monoisotopic (exact) mass is 469 g/mol. The highest BCUT2D eigenvalue weighted by Gasteiger charge is 2.39. The van der Waals surface area contributed by atoms with Crippen LogP contribution in [0.15, 0.2) is 60.7 Å². The molecule has 1 amide bonds. The van der Waals surface area contributed by atoms with E-state index in [0.29, 0.717) is 6.42 Å². The van der Waals surface area contributed by atoms with Crippen LogP contribution in [0.4, 0.5) is 4.79 Å². The third kappa shape index (κ3) is 9.65. The number of hydrogen-bond acceptors (Lipinski definition) is 6. The molecule has 2 rings (SSSR count). The van der Waals surface area contributed by atoms with Gasteiger partial charge in [-0.25, -0.2) is 4.79 Å². The summed E-state index contributed by atoms with van der Waals surface area (Å²) in [6.07, 6.45) is -0.361. The van der Waals surface area contributed by atoms with E-state index in [9.17, 15) is 14.4 Å². The summed E-state index contributed by atoms with van der Waals surface area (Å²) in [7, 11) is 0. The van der Waals surface area contributed by atoms with Gasteiger partial charge in [0.1, 0.15) is 18.8 Å². The number of benzene rings is 2. The first-order valence-electron chi connectivity index (χ1n) is 11.5. The van der Waals surface area contributed by atoms with Crippen LogP contribution >= 0.6 is 0 Å². The van der Waals surface area contributed by atoms with Crippen molar-refractivity contribution in [3.63, 3.8) is 0 Å². The van der Waals surface area contributed by atoms with Crippen molar-refractivity contribution < 1.29 is 28.6 Å². The third-order valence-corrected chi connectivity index (χ3v) is 4.79. The summed E-state index contributed by atoms with van der Waals surface area (Å²) in [6, 6.07) is 17.5. The normalized spacial score (nSPS) is 12.2. The summed E-state index contributed by atoms with van der Waals surface area (Å²) in [5.74, 6) is -2.79. The lowest BCUT2D eigenvalue weighted by molar-refractivity contribution is -0.165. The minimum Gasteiger partial charge on any atom is -0.460 e. The minimum absolute atomic E-state index is 0.00295. The maximum atomic E-state index is 13.1. The van der Waals surface area contributed by atoms with Crippen LogP contribution in [0.3, 0.4) is 0 Å². The molecule has 0 spiro atoms. The summed E-state index contributed by atoms with van der Waals surface area (Å²) in [4.78, 5) is 38.8. The van der Waals surface area contributed by atoms with Crippen LogP contribution in [0.2, 0.25) is 0 Å². The molecule has 0 fully saturated rings. The smallest absolute Gasteiger partial charge is 0.407 e. The molecule has 0 aliphatic rings. The molecule has 0 heterocycles. The van der Waals surface area contributed by atoms with Gasteiger partial charge in [-0.1, -0.05) is 74.5 Å². The number of nitrogens with one attached hydrogen (secondary N) is 1. The van der Waals surface area contributed by atoms with Crippen LogP contribution in [0.5, 0.6) is 0 Å². The standard InChI is InChI=1S/C27H35NO6/c1-19(2)16-22(28-26(31)34-27(3,4)5)23(24(29)32-17-20-12-8-6-9-13-20)25(30)33-18-21-14-10-7-11-15-21/h6-15,19,22-23H,16-18H2,1-5H3,(H,28,31)/t22-/m0/s1. The summed E-state index contributed by atoms with van der Waals surface area (Å²) in [5, 5.41) is 2.70. The lowest BCUT2D eigenvalue weighted by Gasteiger charge is -2.28. The first-order valence-corrected chi connectivity index (χ1v) is 11.5. The quantitative estimate of drug-likeness (QED) is 0.298. The van der Waals surface area contributed by atoms with Crippen molar-refractivity contribution in [3.05, 3.63) is 71.8 Å². The second-order valence-electron chi connectivity index (χ2n) is 9.55. The molecule has 1 N–H and O–H groups in total. The Hall–Kier alpha value is -3.35. The Labute approximate surface area is 201 Å². The average molecular weight is 470 g/mol. The molecule has 0 aliphatic heterocycles. The van der Waals surface area contributed by atoms with Crippen LogP contribution < -0.4 is 5.32 Å². The molecule has 0 aromatic heterocycles. The molecule has 34 heavy (non-hydrogen) atoms. The van der Waals surface area contributed by atoms with Crippen molar-refractivity contribution in [2.45, 2.75) is 65.9 Å². The Balaban J connectivity index is 2.23. The van der Waals surface area contributed by atoms with Crippen LogP contribution in [0, 0.1) is 11.8 Å². The number of carbonyl (C=O) groups is 3. The van der Waals surface area contributed by atoms with E-state index in [2.05, 4.69) is 5.32 Å². The molecule has 7 nitrogen and oxygen atoms in total. The van der Waals surface area contributed by atoms with Gasteiger partial charge >= 0.3 is 18.0 Å². The first kappa shape index (κ1) is 26.9. The number of ether oxygens (including phenoxy) is 3. The molecule has 2 aromatic rings. The number of carbonyl (C=O) groups excluding carboxylic acids is 3. The van der Waals surface area contributed by atoms with Crippen LogP contribution in [-0.2, 0) is 37.0 Å². The third-order valence-electron chi connectivity index (χ3n) is 4.79. The fraction of sp³-hybridized carbons (Fsp3) is 0.444. The van der Waals surface area contributed by atoms with Gasteiger partial charge in [-0.15, -0.1) is 0 Å². The lowest BCUT2D eigenvalue weighted by Crippen LogP contribution is -2.49. The Morgan fingerprint density at radius 1 is 0.794 bits per heavy atom. The van der Waals surface area contributed by atoms with Gasteiger partial charge in [0.2, 0.25) is 0 Å². The van der Waals surface area contributed by atoms with Gasteiger partial charge in [-0.05, 0) is 44.2 Å². The Kier molecular flexibility index (Phi) is 10.1. The van der Waals surface area contributed by atoms with E-state index < -0.39 is 35.6 Å². The highest BCUT2D eigenvalue weighted by Crippen LogP contribution is 2.20. The number of hydrogen-bond donors (Lipinski definition) is 1. The maximum Gasteiger partial charge on any atom is 0.407 e. The maximum absolute atomic E-state index is 13.1. The molecule has 184 valence electrons. The Morgan fingerprint density at radius 3 is 1.62 bits per heavy atom. The molecule has 0 bridgehead atoms.